The lowest BCUT2D eigenvalue weighted by molar-refractivity contribution is -0.137. The van der Waals surface area contributed by atoms with Gasteiger partial charge in [0.15, 0.2) is 0 Å². The Labute approximate surface area is 121 Å². The average molecular weight is 281 g/mol. The molecule has 2 fully saturated rings. The van der Waals surface area contributed by atoms with E-state index in [1.54, 1.807) is 4.90 Å². The monoisotopic (exact) mass is 281 g/mol. The summed E-state index contributed by atoms with van der Waals surface area (Å²) in [5, 5.41) is 0. The highest BCUT2D eigenvalue weighted by Gasteiger charge is 2.37. The highest BCUT2D eigenvalue weighted by atomic mass is 16.2. The zero-order chi connectivity index (χ0) is 14.7. The lowest BCUT2D eigenvalue weighted by atomic mass is 9.96. The number of hydrogen-bond acceptors (Lipinski definition) is 3. The molecule has 2 aliphatic heterocycles. The van der Waals surface area contributed by atoms with Crippen molar-refractivity contribution in [1.29, 1.82) is 0 Å². The van der Waals surface area contributed by atoms with Crippen LogP contribution < -0.4 is 0 Å². The fourth-order valence-corrected chi connectivity index (χ4v) is 3.43. The normalized spacial score (nSPS) is 27.5. The van der Waals surface area contributed by atoms with Crippen molar-refractivity contribution in [3.05, 3.63) is 0 Å². The molecule has 0 aromatic rings. The van der Waals surface area contributed by atoms with Gasteiger partial charge in [-0.15, -0.1) is 0 Å². The lowest BCUT2D eigenvalue weighted by Crippen LogP contribution is -2.45. The van der Waals surface area contributed by atoms with E-state index in [4.69, 9.17) is 0 Å². The maximum absolute atomic E-state index is 12.6. The molecule has 0 spiro atoms. The van der Waals surface area contributed by atoms with E-state index in [1.807, 2.05) is 11.8 Å². The Balaban J connectivity index is 1.90. The molecule has 0 radical (unpaired) electrons. The number of amides is 2. The molecule has 2 heterocycles. The van der Waals surface area contributed by atoms with Gasteiger partial charge in [-0.2, -0.15) is 0 Å². The summed E-state index contributed by atoms with van der Waals surface area (Å²) in [6, 6.07) is 0. The van der Waals surface area contributed by atoms with E-state index in [1.165, 1.54) is 6.42 Å². The van der Waals surface area contributed by atoms with Gasteiger partial charge >= 0.3 is 0 Å². The number of piperidine rings is 1. The van der Waals surface area contributed by atoms with Crippen LogP contribution in [-0.2, 0) is 9.59 Å². The standard InChI is InChI=1S/C15H27N3O2/c1-4-17-11-13(8-14(17)19)15(20)18-7-5-6-12(10-18)9-16(2)3/h12-13H,4-11H2,1-3H3/t12-,13+/m1/s1. The molecule has 2 rings (SSSR count). The number of hydrogen-bond donors (Lipinski definition) is 0. The van der Waals surface area contributed by atoms with E-state index in [2.05, 4.69) is 19.0 Å². The van der Waals surface area contributed by atoms with Crippen molar-refractivity contribution in [1.82, 2.24) is 14.7 Å². The molecule has 2 saturated heterocycles. The number of rotatable bonds is 4. The molecular weight excluding hydrogens is 254 g/mol. The molecule has 2 aliphatic rings. The number of nitrogens with zero attached hydrogens (tertiary/aromatic N) is 3. The number of likely N-dealkylation sites (tertiary alicyclic amines) is 2. The first-order valence-electron chi connectivity index (χ1n) is 7.72. The van der Waals surface area contributed by atoms with Crippen LogP contribution in [0.2, 0.25) is 0 Å². The molecule has 0 N–H and O–H groups in total. The van der Waals surface area contributed by atoms with E-state index >= 15 is 0 Å². The van der Waals surface area contributed by atoms with Crippen molar-refractivity contribution in [2.45, 2.75) is 26.2 Å². The van der Waals surface area contributed by atoms with Crippen LogP contribution >= 0.6 is 0 Å². The highest BCUT2D eigenvalue weighted by Crippen LogP contribution is 2.24. The molecule has 5 nitrogen and oxygen atoms in total. The van der Waals surface area contributed by atoms with Crippen LogP contribution in [0.5, 0.6) is 0 Å². The van der Waals surface area contributed by atoms with Crippen LogP contribution in [0.4, 0.5) is 0 Å². The van der Waals surface area contributed by atoms with Crippen molar-refractivity contribution in [2.75, 3.05) is 46.8 Å². The summed E-state index contributed by atoms with van der Waals surface area (Å²) in [6.45, 7) is 6.05. The van der Waals surface area contributed by atoms with Gasteiger partial charge in [0.05, 0.1) is 5.92 Å². The summed E-state index contributed by atoms with van der Waals surface area (Å²) in [4.78, 5) is 30.3. The molecule has 0 saturated carbocycles. The molecular formula is C15H27N3O2. The number of carbonyl (C=O) groups is 2. The maximum atomic E-state index is 12.6. The highest BCUT2D eigenvalue weighted by molar-refractivity contribution is 5.89. The molecule has 5 heteroatoms. The predicted octanol–water partition coefficient (Wildman–Crippen LogP) is 0.655. The van der Waals surface area contributed by atoms with Crippen molar-refractivity contribution >= 4 is 11.8 Å². The van der Waals surface area contributed by atoms with Crippen molar-refractivity contribution in [2.24, 2.45) is 11.8 Å². The summed E-state index contributed by atoms with van der Waals surface area (Å²) in [5.74, 6) is 0.785. The third-order valence-electron chi connectivity index (χ3n) is 4.40. The summed E-state index contributed by atoms with van der Waals surface area (Å²) in [7, 11) is 4.16. The van der Waals surface area contributed by atoms with Gasteiger partial charge in [0.25, 0.3) is 0 Å². The van der Waals surface area contributed by atoms with Crippen molar-refractivity contribution < 1.29 is 9.59 Å². The van der Waals surface area contributed by atoms with Crippen molar-refractivity contribution in [3.63, 3.8) is 0 Å². The minimum Gasteiger partial charge on any atom is -0.342 e. The Hall–Kier alpha value is -1.10. The lowest BCUT2D eigenvalue weighted by Gasteiger charge is -2.35. The van der Waals surface area contributed by atoms with E-state index in [9.17, 15) is 9.59 Å². The Morgan fingerprint density at radius 1 is 1.35 bits per heavy atom. The van der Waals surface area contributed by atoms with Gasteiger partial charge in [-0.1, -0.05) is 0 Å². The second-order valence-corrected chi connectivity index (χ2v) is 6.39. The first-order valence-corrected chi connectivity index (χ1v) is 7.72. The van der Waals surface area contributed by atoms with Crippen LogP contribution in [-0.4, -0.2) is 73.3 Å². The molecule has 0 unspecified atom stereocenters. The average Bonchev–Trinajstić information content (AvgIpc) is 2.78. The quantitative estimate of drug-likeness (QED) is 0.760. The third-order valence-corrected chi connectivity index (χ3v) is 4.40. The molecule has 0 aliphatic carbocycles. The Morgan fingerprint density at radius 3 is 2.70 bits per heavy atom. The van der Waals surface area contributed by atoms with Gasteiger partial charge in [0, 0.05) is 39.1 Å². The fraction of sp³-hybridized carbons (Fsp3) is 0.867. The smallest absolute Gasteiger partial charge is 0.228 e. The van der Waals surface area contributed by atoms with Gasteiger partial charge < -0.3 is 14.7 Å². The summed E-state index contributed by atoms with van der Waals surface area (Å²) < 4.78 is 0. The first-order chi connectivity index (χ1) is 9.51. The largest absolute Gasteiger partial charge is 0.342 e. The Morgan fingerprint density at radius 2 is 2.10 bits per heavy atom. The van der Waals surface area contributed by atoms with Crippen LogP contribution in [0.1, 0.15) is 26.2 Å². The summed E-state index contributed by atoms with van der Waals surface area (Å²) in [6.07, 6.45) is 2.69. The van der Waals surface area contributed by atoms with E-state index in [-0.39, 0.29) is 17.7 Å². The van der Waals surface area contributed by atoms with Crippen LogP contribution in [0.25, 0.3) is 0 Å². The fourth-order valence-electron chi connectivity index (χ4n) is 3.43. The molecule has 20 heavy (non-hydrogen) atoms. The maximum Gasteiger partial charge on any atom is 0.228 e. The zero-order valence-corrected chi connectivity index (χ0v) is 13.0. The van der Waals surface area contributed by atoms with Gasteiger partial charge in [0.1, 0.15) is 0 Å². The van der Waals surface area contributed by atoms with Gasteiger partial charge in [-0.25, -0.2) is 0 Å². The van der Waals surface area contributed by atoms with E-state index in [0.717, 1.165) is 26.1 Å². The van der Waals surface area contributed by atoms with Crippen LogP contribution in [0.15, 0.2) is 0 Å². The zero-order valence-electron chi connectivity index (χ0n) is 13.0. The number of carbonyl (C=O) groups excluding carboxylic acids is 2. The second-order valence-electron chi connectivity index (χ2n) is 6.39. The molecule has 2 atom stereocenters. The van der Waals surface area contributed by atoms with Crippen LogP contribution in [0.3, 0.4) is 0 Å². The second kappa shape index (κ2) is 6.57. The SMILES string of the molecule is CCN1C[C@@H](C(=O)N2CCC[C@H](CN(C)C)C2)CC1=O. The minimum absolute atomic E-state index is 0.111. The topological polar surface area (TPSA) is 43.9 Å². The third kappa shape index (κ3) is 3.51. The predicted molar refractivity (Wildman–Crippen MR) is 78.2 cm³/mol. The van der Waals surface area contributed by atoms with Crippen LogP contribution in [0, 0.1) is 11.8 Å². The summed E-state index contributed by atoms with van der Waals surface area (Å²) >= 11 is 0. The van der Waals surface area contributed by atoms with Gasteiger partial charge in [0.2, 0.25) is 11.8 Å². The first kappa shape index (κ1) is 15.3. The molecule has 0 aromatic heterocycles. The molecule has 2 amide bonds. The molecule has 114 valence electrons. The molecule has 0 aromatic carbocycles. The van der Waals surface area contributed by atoms with Gasteiger partial charge in [-0.05, 0) is 39.8 Å². The summed E-state index contributed by atoms with van der Waals surface area (Å²) in [5.41, 5.74) is 0. The van der Waals surface area contributed by atoms with E-state index in [0.29, 0.717) is 25.4 Å². The Kier molecular flexibility index (Phi) is 5.02. The Bertz CT molecular complexity index is 370. The molecule has 0 bridgehead atoms. The van der Waals surface area contributed by atoms with E-state index < -0.39 is 0 Å². The minimum atomic E-state index is -0.111. The van der Waals surface area contributed by atoms with Gasteiger partial charge in [-0.3, -0.25) is 9.59 Å². The van der Waals surface area contributed by atoms with Crippen molar-refractivity contribution in [3.8, 4) is 0 Å².